The van der Waals surface area contributed by atoms with Gasteiger partial charge in [0.25, 0.3) is 0 Å². The van der Waals surface area contributed by atoms with E-state index in [-0.39, 0.29) is 18.2 Å². The van der Waals surface area contributed by atoms with E-state index in [2.05, 4.69) is 30.9 Å². The Balaban J connectivity index is 1.54. The summed E-state index contributed by atoms with van der Waals surface area (Å²) in [6.07, 6.45) is 0. The molecule has 0 N–H and O–H groups in total. The summed E-state index contributed by atoms with van der Waals surface area (Å²) in [4.78, 5) is 0. The van der Waals surface area contributed by atoms with Gasteiger partial charge in [-0.3, -0.25) is 0 Å². The molecule has 4 aromatic rings. The summed E-state index contributed by atoms with van der Waals surface area (Å²) in [6.45, 7) is -2.61. The zero-order valence-corrected chi connectivity index (χ0v) is 18.4. The number of benzene rings is 3. The van der Waals surface area contributed by atoms with E-state index < -0.39 is 6.61 Å². The quantitative estimate of drug-likeness (QED) is 0.279. The molecule has 4 rings (SSSR count). The van der Waals surface area contributed by atoms with Crippen molar-refractivity contribution in [2.45, 2.75) is 13.2 Å². The number of hydrogen-bond donors (Lipinski definition) is 0. The van der Waals surface area contributed by atoms with Gasteiger partial charge in [0, 0.05) is 16.7 Å². The highest BCUT2D eigenvalue weighted by molar-refractivity contribution is 9.10. The molecule has 0 spiro atoms. The molecular weight excluding hydrogens is 486 g/mol. The highest BCUT2D eigenvalue weighted by atomic mass is 79.9. The molecule has 0 amide bonds. The molecule has 1 heterocycles. The largest absolute Gasteiger partial charge is 0.496 e. The molecule has 0 unspecified atom stereocenters. The van der Waals surface area contributed by atoms with Crippen LogP contribution in [0.3, 0.4) is 0 Å². The van der Waals surface area contributed by atoms with E-state index in [4.69, 9.17) is 13.9 Å². The number of aromatic nitrogens is 2. The lowest BCUT2D eigenvalue weighted by atomic mass is 10.1. The summed E-state index contributed by atoms with van der Waals surface area (Å²) in [5, 5.41) is 8.16. The predicted octanol–water partition coefficient (Wildman–Crippen LogP) is 6.36. The van der Waals surface area contributed by atoms with Crippen LogP contribution in [0, 0.1) is 0 Å². The second kappa shape index (κ2) is 9.78. The number of para-hydroxylation sites is 1. The summed E-state index contributed by atoms with van der Waals surface area (Å²) in [5.74, 6) is 1.98. The molecule has 0 saturated heterocycles. The first-order valence-corrected chi connectivity index (χ1v) is 10.3. The van der Waals surface area contributed by atoms with Gasteiger partial charge >= 0.3 is 6.61 Å². The van der Waals surface area contributed by atoms with Crippen molar-refractivity contribution in [2.24, 2.45) is 0 Å². The van der Waals surface area contributed by atoms with Crippen LogP contribution < -0.4 is 14.2 Å². The van der Waals surface area contributed by atoms with E-state index in [0.29, 0.717) is 28.5 Å². The fourth-order valence-corrected chi connectivity index (χ4v) is 3.38. The monoisotopic (exact) mass is 502 g/mol. The Morgan fingerprint density at radius 3 is 2.28 bits per heavy atom. The first kappa shape index (κ1) is 21.8. The van der Waals surface area contributed by atoms with E-state index in [1.54, 1.807) is 31.4 Å². The van der Waals surface area contributed by atoms with Crippen LogP contribution >= 0.6 is 15.9 Å². The molecule has 0 saturated carbocycles. The first-order valence-electron chi connectivity index (χ1n) is 9.47. The van der Waals surface area contributed by atoms with Crippen LogP contribution in [0.4, 0.5) is 8.78 Å². The molecule has 9 heteroatoms. The Hall–Kier alpha value is -3.46. The Morgan fingerprint density at radius 1 is 0.906 bits per heavy atom. The van der Waals surface area contributed by atoms with Gasteiger partial charge in [-0.15, -0.1) is 10.2 Å². The van der Waals surface area contributed by atoms with Gasteiger partial charge in [-0.05, 0) is 70.5 Å². The highest BCUT2D eigenvalue weighted by Crippen LogP contribution is 2.31. The summed E-state index contributed by atoms with van der Waals surface area (Å²) in [6, 6.07) is 19.0. The van der Waals surface area contributed by atoms with Crippen LogP contribution in [-0.2, 0) is 6.61 Å². The lowest BCUT2D eigenvalue weighted by molar-refractivity contribution is -0.0498. The Bertz CT molecular complexity index is 1200. The molecule has 164 valence electrons. The van der Waals surface area contributed by atoms with E-state index in [1.165, 1.54) is 12.1 Å². The van der Waals surface area contributed by atoms with E-state index >= 15 is 0 Å². The zero-order valence-electron chi connectivity index (χ0n) is 16.8. The van der Waals surface area contributed by atoms with Crippen molar-refractivity contribution in [1.82, 2.24) is 10.2 Å². The van der Waals surface area contributed by atoms with Crippen LogP contribution in [0.1, 0.15) is 5.56 Å². The predicted molar refractivity (Wildman–Crippen MR) is 117 cm³/mol. The van der Waals surface area contributed by atoms with Crippen LogP contribution in [0.15, 0.2) is 75.6 Å². The molecule has 3 aromatic carbocycles. The summed E-state index contributed by atoms with van der Waals surface area (Å²) < 4.78 is 47.0. The van der Waals surface area contributed by atoms with E-state index in [9.17, 15) is 8.78 Å². The van der Waals surface area contributed by atoms with Gasteiger partial charge in [-0.25, -0.2) is 0 Å². The highest BCUT2D eigenvalue weighted by Gasteiger charge is 2.14. The van der Waals surface area contributed by atoms with Gasteiger partial charge in [0.05, 0.1) is 11.6 Å². The third kappa shape index (κ3) is 5.05. The molecule has 0 bridgehead atoms. The maximum Gasteiger partial charge on any atom is 0.387 e. The molecule has 6 nitrogen and oxygen atoms in total. The fourth-order valence-electron chi connectivity index (χ4n) is 2.98. The molecule has 32 heavy (non-hydrogen) atoms. The topological polar surface area (TPSA) is 66.6 Å². The maximum atomic E-state index is 12.3. The zero-order chi connectivity index (χ0) is 22.5. The molecule has 0 radical (unpaired) electrons. The minimum atomic E-state index is -2.88. The average molecular weight is 503 g/mol. The molecule has 0 atom stereocenters. The number of rotatable bonds is 8. The maximum absolute atomic E-state index is 12.3. The number of halogens is 3. The standard InChI is InChI=1S/C23H17BrF2N2O4/c1-29-19-11-8-15(12-16(19)13-30-20-5-3-2-4-18(20)24)22-28-27-21(32-22)14-6-9-17(10-7-14)31-23(25)26/h2-12,23H,13H2,1H3. The average Bonchev–Trinajstić information content (AvgIpc) is 3.29. The number of ether oxygens (including phenoxy) is 3. The van der Waals surface area contributed by atoms with Gasteiger partial charge < -0.3 is 18.6 Å². The number of methoxy groups -OCH3 is 1. The number of nitrogens with zero attached hydrogens (tertiary/aromatic N) is 2. The van der Waals surface area contributed by atoms with Gasteiger partial charge in [-0.1, -0.05) is 12.1 Å². The van der Waals surface area contributed by atoms with Gasteiger partial charge in [0.15, 0.2) is 0 Å². The van der Waals surface area contributed by atoms with Crippen LogP contribution in [0.25, 0.3) is 22.9 Å². The van der Waals surface area contributed by atoms with Crippen LogP contribution in [0.5, 0.6) is 17.2 Å². The van der Waals surface area contributed by atoms with Crippen molar-refractivity contribution < 1.29 is 27.4 Å². The second-order valence-electron chi connectivity index (χ2n) is 6.56. The molecule has 1 aromatic heterocycles. The SMILES string of the molecule is COc1ccc(-c2nnc(-c3ccc(OC(F)F)cc3)o2)cc1COc1ccccc1Br. The van der Waals surface area contributed by atoms with Crippen LogP contribution in [0.2, 0.25) is 0 Å². The Kier molecular flexibility index (Phi) is 6.65. The third-order valence-corrected chi connectivity index (χ3v) is 5.15. The van der Waals surface area contributed by atoms with E-state index in [0.717, 1.165) is 10.0 Å². The minimum Gasteiger partial charge on any atom is -0.496 e. The third-order valence-electron chi connectivity index (χ3n) is 4.50. The van der Waals surface area contributed by atoms with Crippen molar-refractivity contribution in [3.8, 4) is 40.2 Å². The van der Waals surface area contributed by atoms with Crippen molar-refractivity contribution in [3.63, 3.8) is 0 Å². The Morgan fingerprint density at radius 2 is 1.59 bits per heavy atom. The number of alkyl halides is 2. The van der Waals surface area contributed by atoms with Gasteiger partial charge in [0.2, 0.25) is 11.8 Å². The summed E-state index contributed by atoms with van der Waals surface area (Å²) in [7, 11) is 1.59. The molecule has 0 aliphatic heterocycles. The summed E-state index contributed by atoms with van der Waals surface area (Å²) >= 11 is 3.46. The van der Waals surface area contributed by atoms with Crippen molar-refractivity contribution in [2.75, 3.05) is 7.11 Å². The lowest BCUT2D eigenvalue weighted by Crippen LogP contribution is -2.01. The normalized spacial score (nSPS) is 10.9. The molecule has 0 aliphatic rings. The second-order valence-corrected chi connectivity index (χ2v) is 7.42. The number of hydrogen-bond acceptors (Lipinski definition) is 6. The van der Waals surface area contributed by atoms with Gasteiger partial charge in [0.1, 0.15) is 23.9 Å². The first-order chi connectivity index (χ1) is 15.5. The summed E-state index contributed by atoms with van der Waals surface area (Å²) in [5.41, 5.74) is 2.07. The van der Waals surface area contributed by atoms with Crippen LogP contribution in [-0.4, -0.2) is 23.9 Å². The molecule has 0 fully saturated rings. The van der Waals surface area contributed by atoms with Crippen molar-refractivity contribution in [3.05, 3.63) is 76.8 Å². The minimum absolute atomic E-state index is 0.0494. The Labute approximate surface area is 190 Å². The smallest absolute Gasteiger partial charge is 0.387 e. The fraction of sp³-hybridized carbons (Fsp3) is 0.130. The van der Waals surface area contributed by atoms with Crippen molar-refractivity contribution >= 4 is 15.9 Å². The van der Waals surface area contributed by atoms with Gasteiger partial charge in [-0.2, -0.15) is 8.78 Å². The van der Waals surface area contributed by atoms with Crippen molar-refractivity contribution in [1.29, 1.82) is 0 Å². The molecule has 0 aliphatic carbocycles. The van der Waals surface area contributed by atoms with E-state index in [1.807, 2.05) is 30.3 Å². The lowest BCUT2D eigenvalue weighted by Gasteiger charge is -2.12. The molecular formula is C23H17BrF2N2O4.